The Hall–Kier alpha value is -1.71. The first-order valence-electron chi connectivity index (χ1n) is 9.98. The maximum Gasteiger partial charge on any atom is 0.0424 e. The van der Waals surface area contributed by atoms with Gasteiger partial charge in [0.05, 0.1) is 0 Å². The van der Waals surface area contributed by atoms with Gasteiger partial charge in [-0.1, -0.05) is 49.4 Å². The van der Waals surface area contributed by atoms with E-state index in [0.717, 1.165) is 0 Å². The van der Waals surface area contributed by atoms with Crippen LogP contribution in [0.1, 0.15) is 37.3 Å². The first-order chi connectivity index (χ1) is 13.1. The first kappa shape index (κ1) is 20.0. The lowest BCUT2D eigenvalue weighted by Crippen LogP contribution is -2.42. The number of aryl methyl sites for hydroxylation is 1. The number of anilines is 1. The fraction of sp³-hybridized carbons (Fsp3) is 0.417. The van der Waals surface area contributed by atoms with Crippen LogP contribution >= 0.6 is 11.8 Å². The summed E-state index contributed by atoms with van der Waals surface area (Å²) in [5, 5.41) is 3.49. The summed E-state index contributed by atoms with van der Waals surface area (Å²) in [6, 6.07) is 17.2. The van der Waals surface area contributed by atoms with Gasteiger partial charge in [-0.15, -0.1) is 11.8 Å². The lowest BCUT2D eigenvalue weighted by atomic mass is 9.72. The van der Waals surface area contributed by atoms with Crippen LogP contribution in [0, 0.1) is 6.92 Å². The molecule has 1 fully saturated rings. The second kappa shape index (κ2) is 8.99. The maximum atomic E-state index is 4.29. The van der Waals surface area contributed by atoms with E-state index in [1.54, 1.807) is 11.8 Å². The lowest BCUT2D eigenvalue weighted by Gasteiger charge is -2.40. The van der Waals surface area contributed by atoms with Gasteiger partial charge in [0.2, 0.25) is 0 Å². The number of rotatable bonds is 3. The SMILES string of the molecule is C=C1Nc2ccccc2C12CCN(CCC)CC2.CSc1ccc(C)cc1. The summed E-state index contributed by atoms with van der Waals surface area (Å²) < 4.78 is 0. The van der Waals surface area contributed by atoms with Gasteiger partial charge in [0, 0.05) is 21.7 Å². The number of likely N-dealkylation sites (tertiary alicyclic amines) is 1. The fourth-order valence-corrected chi connectivity index (χ4v) is 4.58. The van der Waals surface area contributed by atoms with Crippen molar-refractivity contribution in [1.29, 1.82) is 0 Å². The van der Waals surface area contributed by atoms with Crippen molar-refractivity contribution in [1.82, 2.24) is 4.90 Å². The van der Waals surface area contributed by atoms with Crippen LogP contribution in [0.5, 0.6) is 0 Å². The number of nitrogens with one attached hydrogen (secondary N) is 1. The van der Waals surface area contributed by atoms with Crippen LogP contribution in [0.3, 0.4) is 0 Å². The van der Waals surface area contributed by atoms with Gasteiger partial charge in [0.15, 0.2) is 0 Å². The highest BCUT2D eigenvalue weighted by molar-refractivity contribution is 7.98. The predicted octanol–water partition coefficient (Wildman–Crippen LogP) is 6.09. The highest BCUT2D eigenvalue weighted by atomic mass is 32.2. The van der Waals surface area contributed by atoms with Crippen LogP contribution in [0.4, 0.5) is 5.69 Å². The van der Waals surface area contributed by atoms with E-state index in [4.69, 9.17) is 0 Å². The average molecular weight is 381 g/mol. The Balaban J connectivity index is 0.000000197. The monoisotopic (exact) mass is 380 g/mol. The number of nitrogens with zero attached hydrogens (tertiary/aromatic N) is 1. The minimum Gasteiger partial charge on any atom is -0.358 e. The molecule has 0 aliphatic carbocycles. The Morgan fingerprint density at radius 2 is 1.74 bits per heavy atom. The Morgan fingerprint density at radius 1 is 1.07 bits per heavy atom. The maximum absolute atomic E-state index is 4.29. The summed E-state index contributed by atoms with van der Waals surface area (Å²) in [6.07, 6.45) is 5.75. The molecule has 0 aromatic heterocycles. The summed E-state index contributed by atoms with van der Waals surface area (Å²) in [5.41, 5.74) is 5.46. The van der Waals surface area contributed by atoms with Gasteiger partial charge in [-0.05, 0) is 75.8 Å². The summed E-state index contributed by atoms with van der Waals surface area (Å²) in [6.45, 7) is 12.3. The van der Waals surface area contributed by atoms with Crippen LogP contribution < -0.4 is 5.32 Å². The largest absolute Gasteiger partial charge is 0.358 e. The van der Waals surface area contributed by atoms with E-state index in [1.807, 2.05) is 0 Å². The number of hydrogen-bond acceptors (Lipinski definition) is 3. The van der Waals surface area contributed by atoms with Crippen molar-refractivity contribution in [3.05, 3.63) is 71.9 Å². The molecule has 144 valence electrons. The third-order valence-corrected chi connectivity index (χ3v) is 6.56. The number of piperidine rings is 1. The Bertz CT molecular complexity index is 758. The van der Waals surface area contributed by atoms with Gasteiger partial charge < -0.3 is 10.2 Å². The number of fused-ring (bicyclic) bond motifs is 2. The van der Waals surface area contributed by atoms with Crippen molar-refractivity contribution in [3.8, 4) is 0 Å². The molecule has 0 radical (unpaired) electrons. The molecule has 2 aliphatic heterocycles. The minimum absolute atomic E-state index is 0.195. The molecule has 27 heavy (non-hydrogen) atoms. The molecule has 4 rings (SSSR count). The zero-order valence-electron chi connectivity index (χ0n) is 16.9. The minimum atomic E-state index is 0.195. The van der Waals surface area contributed by atoms with Crippen molar-refractivity contribution in [3.63, 3.8) is 0 Å². The molecule has 2 aliphatic rings. The van der Waals surface area contributed by atoms with E-state index >= 15 is 0 Å². The molecule has 0 unspecified atom stereocenters. The Labute approximate surface area is 169 Å². The van der Waals surface area contributed by atoms with Crippen LogP contribution in [-0.2, 0) is 5.41 Å². The molecule has 2 aromatic rings. The van der Waals surface area contributed by atoms with Gasteiger partial charge in [0.25, 0.3) is 0 Å². The molecule has 2 aromatic carbocycles. The molecule has 0 amide bonds. The molecule has 2 heterocycles. The van der Waals surface area contributed by atoms with Crippen molar-refractivity contribution in [2.45, 2.75) is 43.4 Å². The van der Waals surface area contributed by atoms with Crippen LogP contribution in [0.25, 0.3) is 0 Å². The van der Waals surface area contributed by atoms with Gasteiger partial charge in [-0.3, -0.25) is 0 Å². The smallest absolute Gasteiger partial charge is 0.0424 e. The number of hydrogen-bond donors (Lipinski definition) is 1. The summed E-state index contributed by atoms with van der Waals surface area (Å²) in [5.74, 6) is 0. The molecule has 3 heteroatoms. The quantitative estimate of drug-likeness (QED) is 0.649. The zero-order chi connectivity index (χ0) is 19.3. The number of thioether (sulfide) groups is 1. The fourth-order valence-electron chi connectivity index (χ4n) is 4.17. The van der Waals surface area contributed by atoms with Gasteiger partial charge >= 0.3 is 0 Å². The molecule has 1 spiro atoms. The number of para-hydroxylation sites is 1. The average Bonchev–Trinajstić information content (AvgIpc) is 2.97. The highest BCUT2D eigenvalue weighted by Gasteiger charge is 2.43. The molecular weight excluding hydrogens is 348 g/mol. The zero-order valence-corrected chi connectivity index (χ0v) is 17.7. The standard InChI is InChI=1S/C16H22N2.C8H10S/c1-3-10-18-11-8-16(9-12-18)13(2)17-15-7-5-4-6-14(15)16;1-7-3-5-8(9-2)6-4-7/h4-7,17H,2-3,8-12H2,1H3;3-6H,1-2H3. The van der Waals surface area contributed by atoms with E-state index in [0.29, 0.717) is 0 Å². The first-order valence-corrected chi connectivity index (χ1v) is 11.2. The van der Waals surface area contributed by atoms with E-state index < -0.39 is 0 Å². The summed E-state index contributed by atoms with van der Waals surface area (Å²) in [7, 11) is 0. The van der Waals surface area contributed by atoms with Crippen molar-refractivity contribution in [2.75, 3.05) is 31.2 Å². The second-order valence-corrected chi connectivity index (χ2v) is 8.47. The summed E-state index contributed by atoms with van der Waals surface area (Å²) >= 11 is 1.78. The van der Waals surface area contributed by atoms with E-state index in [2.05, 4.69) is 85.4 Å². The molecule has 0 bridgehead atoms. The van der Waals surface area contributed by atoms with Crippen molar-refractivity contribution < 1.29 is 0 Å². The van der Waals surface area contributed by atoms with Crippen molar-refractivity contribution in [2.24, 2.45) is 0 Å². The van der Waals surface area contributed by atoms with Crippen LogP contribution in [0.15, 0.2) is 65.7 Å². The Kier molecular flexibility index (Phi) is 6.67. The molecular formula is C24H32N2S. The van der Waals surface area contributed by atoms with E-state index in [9.17, 15) is 0 Å². The van der Waals surface area contributed by atoms with Crippen molar-refractivity contribution >= 4 is 17.4 Å². The topological polar surface area (TPSA) is 15.3 Å². The lowest BCUT2D eigenvalue weighted by molar-refractivity contribution is 0.181. The third kappa shape index (κ3) is 4.41. The van der Waals surface area contributed by atoms with E-state index in [-0.39, 0.29) is 5.41 Å². The number of allylic oxidation sites excluding steroid dienone is 1. The van der Waals surface area contributed by atoms with Crippen LogP contribution in [0.2, 0.25) is 0 Å². The highest BCUT2D eigenvalue weighted by Crippen LogP contribution is 2.49. The molecule has 2 nitrogen and oxygen atoms in total. The molecule has 1 N–H and O–H groups in total. The van der Waals surface area contributed by atoms with Crippen LogP contribution in [-0.4, -0.2) is 30.8 Å². The second-order valence-electron chi connectivity index (χ2n) is 7.59. The van der Waals surface area contributed by atoms with Gasteiger partial charge in [-0.25, -0.2) is 0 Å². The predicted molar refractivity (Wildman–Crippen MR) is 120 cm³/mol. The Morgan fingerprint density at radius 3 is 2.37 bits per heavy atom. The summed E-state index contributed by atoms with van der Waals surface area (Å²) in [4.78, 5) is 3.92. The molecule has 0 atom stereocenters. The third-order valence-electron chi connectivity index (χ3n) is 5.81. The molecule has 1 saturated heterocycles. The number of benzene rings is 2. The van der Waals surface area contributed by atoms with E-state index in [1.165, 1.54) is 66.3 Å². The van der Waals surface area contributed by atoms with Gasteiger partial charge in [-0.2, -0.15) is 0 Å². The molecule has 0 saturated carbocycles. The van der Waals surface area contributed by atoms with Gasteiger partial charge in [0.1, 0.15) is 0 Å². The normalized spacial score (nSPS) is 17.8.